The Bertz CT molecular complexity index is 1010. The van der Waals surface area contributed by atoms with Gasteiger partial charge in [-0.25, -0.2) is 0 Å². The summed E-state index contributed by atoms with van der Waals surface area (Å²) in [6, 6.07) is 10.8. The van der Waals surface area contributed by atoms with E-state index in [0.29, 0.717) is 11.4 Å². The van der Waals surface area contributed by atoms with E-state index in [0.717, 1.165) is 36.5 Å². The Kier molecular flexibility index (Phi) is 5.53. The van der Waals surface area contributed by atoms with Crippen LogP contribution in [0.5, 0.6) is 0 Å². The smallest absolute Gasteiger partial charge is 0.270 e. The summed E-state index contributed by atoms with van der Waals surface area (Å²) < 4.78 is 6.69. The van der Waals surface area contributed by atoms with Crippen molar-refractivity contribution >= 4 is 62.7 Å². The van der Waals surface area contributed by atoms with Gasteiger partial charge in [-0.1, -0.05) is 22.0 Å². The topological polar surface area (TPSA) is 69.0 Å². The third-order valence-electron chi connectivity index (χ3n) is 4.88. The lowest BCUT2D eigenvalue weighted by Gasteiger charge is -2.32. The van der Waals surface area contributed by atoms with E-state index in [4.69, 9.17) is 16.6 Å². The summed E-state index contributed by atoms with van der Waals surface area (Å²) in [6.45, 7) is 3.64. The number of hydrogen-bond acceptors (Lipinski definition) is 6. The first-order valence-corrected chi connectivity index (χ1v) is 10.3. The number of hydrogen-bond donors (Lipinski definition) is 1. The molecule has 0 saturated carbocycles. The Hall–Kier alpha value is -2.49. The number of nitrogens with zero attached hydrogens (tertiary/aromatic N) is 3. The van der Waals surface area contributed by atoms with Gasteiger partial charge in [-0.3, -0.25) is 19.8 Å². The molecule has 7 nitrogen and oxygen atoms in total. The lowest BCUT2D eigenvalue weighted by atomic mass is 10.1. The highest BCUT2D eigenvalue weighted by Crippen LogP contribution is 2.26. The summed E-state index contributed by atoms with van der Waals surface area (Å²) >= 11 is 8.61. The van der Waals surface area contributed by atoms with Gasteiger partial charge in [0.2, 0.25) is 0 Å². The summed E-state index contributed by atoms with van der Waals surface area (Å²) in [5, 5.41) is 2.63. The maximum absolute atomic E-state index is 13.0. The maximum Gasteiger partial charge on any atom is 0.270 e. The predicted molar refractivity (Wildman–Crippen MR) is 119 cm³/mol. The second-order valence-electron chi connectivity index (χ2n) is 6.90. The molecule has 2 amide bonds. The lowest BCUT2D eigenvalue weighted by molar-refractivity contribution is -0.122. The van der Waals surface area contributed by atoms with Crippen molar-refractivity contribution in [3.8, 4) is 0 Å². The molecule has 2 fully saturated rings. The molecule has 0 radical (unpaired) electrons. The van der Waals surface area contributed by atoms with Crippen LogP contribution in [0.2, 0.25) is 0 Å². The van der Waals surface area contributed by atoms with E-state index in [-0.39, 0.29) is 10.7 Å². The fourth-order valence-corrected chi connectivity index (χ4v) is 3.93. The maximum atomic E-state index is 13.0. The molecule has 0 bridgehead atoms. The Balaban J connectivity index is 1.60. The van der Waals surface area contributed by atoms with Crippen LogP contribution in [-0.4, -0.2) is 55.1 Å². The van der Waals surface area contributed by atoms with Crippen molar-refractivity contribution in [2.75, 3.05) is 43.0 Å². The largest absolute Gasteiger partial charge is 0.441 e. The molecule has 0 unspecified atom stereocenters. The number of likely N-dealkylation sites (N-methyl/N-ethyl adjacent to an activating group) is 1. The van der Waals surface area contributed by atoms with Gasteiger partial charge in [0.15, 0.2) is 11.0 Å². The molecule has 2 saturated heterocycles. The molecule has 3 heterocycles. The van der Waals surface area contributed by atoms with Gasteiger partial charge in [0, 0.05) is 36.7 Å². The average Bonchev–Trinajstić information content (AvgIpc) is 3.14. The first-order chi connectivity index (χ1) is 13.9. The highest BCUT2D eigenvalue weighted by atomic mass is 79.9. The zero-order valence-corrected chi connectivity index (χ0v) is 18.1. The zero-order chi connectivity index (χ0) is 20.5. The van der Waals surface area contributed by atoms with Crippen molar-refractivity contribution in [2.24, 2.45) is 0 Å². The molecule has 0 spiro atoms. The summed E-state index contributed by atoms with van der Waals surface area (Å²) in [7, 11) is 2.09. The van der Waals surface area contributed by atoms with Gasteiger partial charge in [0.1, 0.15) is 11.3 Å². The summed E-state index contributed by atoms with van der Waals surface area (Å²) in [6.07, 6.45) is 1.46. The van der Waals surface area contributed by atoms with Crippen molar-refractivity contribution in [3.05, 3.63) is 52.2 Å². The van der Waals surface area contributed by atoms with Crippen LogP contribution in [0, 0.1) is 0 Å². The predicted octanol–water partition coefficient (Wildman–Crippen LogP) is 2.63. The van der Waals surface area contributed by atoms with Gasteiger partial charge in [-0.2, -0.15) is 0 Å². The fourth-order valence-electron chi connectivity index (χ4n) is 3.27. The lowest BCUT2D eigenvalue weighted by Crippen LogP contribution is -2.54. The molecule has 1 aromatic carbocycles. The van der Waals surface area contributed by atoms with Crippen LogP contribution in [-0.2, 0) is 9.59 Å². The van der Waals surface area contributed by atoms with Gasteiger partial charge >= 0.3 is 0 Å². The Labute approximate surface area is 182 Å². The third-order valence-corrected chi connectivity index (χ3v) is 5.66. The minimum atomic E-state index is -0.538. The molecule has 1 aromatic heterocycles. The highest BCUT2D eigenvalue weighted by molar-refractivity contribution is 9.10. The molecule has 0 atom stereocenters. The number of carbonyl (C=O) groups excluding carboxylic acids is 2. The van der Waals surface area contributed by atoms with Crippen LogP contribution in [0.3, 0.4) is 0 Å². The van der Waals surface area contributed by atoms with E-state index in [1.54, 1.807) is 24.3 Å². The molecule has 150 valence electrons. The average molecular weight is 475 g/mol. The van der Waals surface area contributed by atoms with Crippen LogP contribution < -0.4 is 15.1 Å². The molecule has 2 aliphatic heterocycles. The summed E-state index contributed by atoms with van der Waals surface area (Å²) in [5.41, 5.74) is 0.538. The van der Waals surface area contributed by atoms with Crippen molar-refractivity contribution in [2.45, 2.75) is 0 Å². The van der Waals surface area contributed by atoms with E-state index in [9.17, 15) is 9.59 Å². The molecule has 2 aliphatic rings. The highest BCUT2D eigenvalue weighted by Gasteiger charge is 2.34. The van der Waals surface area contributed by atoms with Gasteiger partial charge in [0.05, 0.1) is 5.69 Å². The normalized spacial score (nSPS) is 19.8. The molecule has 0 aliphatic carbocycles. The molecule has 4 rings (SSSR count). The second kappa shape index (κ2) is 8.10. The van der Waals surface area contributed by atoms with Gasteiger partial charge in [0.25, 0.3) is 11.8 Å². The van der Waals surface area contributed by atoms with E-state index in [2.05, 4.69) is 38.1 Å². The summed E-state index contributed by atoms with van der Waals surface area (Å²) in [4.78, 5) is 31.2. The first-order valence-electron chi connectivity index (χ1n) is 9.13. The number of halogens is 1. The van der Waals surface area contributed by atoms with Crippen LogP contribution in [0.4, 0.5) is 11.6 Å². The number of amides is 2. The standard InChI is InChI=1S/C20H19BrN4O3S/c1-23-7-9-24(10-8-23)17-6-5-15(28-17)12-16-18(26)22-20(29)25(19(16)27)14-4-2-3-13(21)11-14/h2-6,11-12H,7-10H2,1H3,(H,22,26,29)/b16-12+. The minimum Gasteiger partial charge on any atom is -0.441 e. The number of nitrogens with one attached hydrogen (secondary N) is 1. The number of benzene rings is 1. The first kappa shape index (κ1) is 19.8. The Morgan fingerprint density at radius 3 is 2.62 bits per heavy atom. The van der Waals surface area contributed by atoms with Crippen LogP contribution in [0.25, 0.3) is 6.08 Å². The Morgan fingerprint density at radius 1 is 1.14 bits per heavy atom. The van der Waals surface area contributed by atoms with E-state index in [1.165, 1.54) is 11.0 Å². The number of anilines is 2. The fraction of sp³-hybridized carbons (Fsp3) is 0.250. The second-order valence-corrected chi connectivity index (χ2v) is 8.21. The third kappa shape index (κ3) is 4.12. The van der Waals surface area contributed by atoms with E-state index < -0.39 is 11.8 Å². The van der Waals surface area contributed by atoms with Crippen molar-refractivity contribution in [1.82, 2.24) is 10.2 Å². The molecular weight excluding hydrogens is 456 g/mol. The number of carbonyl (C=O) groups is 2. The monoisotopic (exact) mass is 474 g/mol. The molecule has 9 heteroatoms. The molecule has 1 N–H and O–H groups in total. The van der Waals surface area contributed by atoms with Crippen LogP contribution in [0.1, 0.15) is 5.76 Å². The van der Waals surface area contributed by atoms with Crippen molar-refractivity contribution in [3.63, 3.8) is 0 Å². The van der Waals surface area contributed by atoms with E-state index in [1.807, 2.05) is 12.1 Å². The van der Waals surface area contributed by atoms with Gasteiger partial charge < -0.3 is 14.2 Å². The number of furan rings is 1. The number of piperazine rings is 1. The molecule has 29 heavy (non-hydrogen) atoms. The van der Waals surface area contributed by atoms with Crippen molar-refractivity contribution in [1.29, 1.82) is 0 Å². The van der Waals surface area contributed by atoms with Crippen molar-refractivity contribution < 1.29 is 14.0 Å². The van der Waals surface area contributed by atoms with Gasteiger partial charge in [-0.05, 0) is 49.6 Å². The van der Waals surface area contributed by atoms with Gasteiger partial charge in [-0.15, -0.1) is 0 Å². The molecular formula is C20H19BrN4O3S. The SMILES string of the molecule is CN1CCN(c2ccc(/C=C3\C(=O)NC(=S)N(c4cccc(Br)c4)C3=O)o2)CC1. The van der Waals surface area contributed by atoms with E-state index >= 15 is 0 Å². The number of thiocarbonyl (C=S) groups is 1. The zero-order valence-electron chi connectivity index (χ0n) is 15.7. The Morgan fingerprint density at radius 2 is 1.90 bits per heavy atom. The molecule has 2 aromatic rings. The quantitative estimate of drug-likeness (QED) is 0.418. The minimum absolute atomic E-state index is 0.0298. The summed E-state index contributed by atoms with van der Waals surface area (Å²) in [5.74, 6) is 0.144. The van der Waals surface area contributed by atoms with Crippen LogP contribution >= 0.6 is 28.1 Å². The number of rotatable bonds is 3. The van der Waals surface area contributed by atoms with Crippen LogP contribution in [0.15, 0.2) is 50.9 Å².